The van der Waals surface area contributed by atoms with Crippen molar-refractivity contribution in [2.45, 2.75) is 50.9 Å². The van der Waals surface area contributed by atoms with Crippen LogP contribution in [0.15, 0.2) is 24.3 Å². The first-order valence-electron chi connectivity index (χ1n) is 8.65. The molecule has 1 N–H and O–H groups in total. The van der Waals surface area contributed by atoms with Gasteiger partial charge in [-0.1, -0.05) is 12.1 Å². The van der Waals surface area contributed by atoms with E-state index >= 15 is 0 Å². The third-order valence-electron chi connectivity index (χ3n) is 4.23. The SMILES string of the molecule is CC1CN(C(=O)CNc2cccc(CS(=O)(=O)C(C)C)c2)CC(C)O1. The number of rotatable bonds is 6. The van der Waals surface area contributed by atoms with E-state index in [0.29, 0.717) is 13.1 Å². The number of carbonyl (C=O) groups excluding carboxylic acids is 1. The van der Waals surface area contributed by atoms with Crippen LogP contribution in [0.2, 0.25) is 0 Å². The molecule has 140 valence electrons. The number of nitrogens with one attached hydrogen (secondary N) is 1. The first kappa shape index (κ1) is 19.7. The number of hydrogen-bond acceptors (Lipinski definition) is 5. The minimum atomic E-state index is -3.15. The van der Waals surface area contributed by atoms with Crippen molar-refractivity contribution >= 4 is 21.4 Å². The summed E-state index contributed by atoms with van der Waals surface area (Å²) in [5.41, 5.74) is 1.47. The van der Waals surface area contributed by atoms with E-state index in [1.807, 2.05) is 19.9 Å². The summed E-state index contributed by atoms with van der Waals surface area (Å²) in [5.74, 6) is 0.0225. The third kappa shape index (κ3) is 5.71. The van der Waals surface area contributed by atoms with Gasteiger partial charge in [0.25, 0.3) is 0 Å². The summed E-state index contributed by atoms with van der Waals surface area (Å²) in [5, 5.41) is 2.69. The van der Waals surface area contributed by atoms with Gasteiger partial charge in [0.05, 0.1) is 29.8 Å². The zero-order chi connectivity index (χ0) is 18.6. The third-order valence-corrected chi connectivity index (χ3v) is 6.40. The highest BCUT2D eigenvalue weighted by atomic mass is 32.2. The van der Waals surface area contributed by atoms with E-state index in [2.05, 4.69) is 5.32 Å². The van der Waals surface area contributed by atoms with Gasteiger partial charge in [0, 0.05) is 18.8 Å². The van der Waals surface area contributed by atoms with Gasteiger partial charge in [0.15, 0.2) is 9.84 Å². The Balaban J connectivity index is 1.95. The topological polar surface area (TPSA) is 75.7 Å². The highest BCUT2D eigenvalue weighted by molar-refractivity contribution is 7.91. The Morgan fingerprint density at radius 3 is 2.52 bits per heavy atom. The van der Waals surface area contributed by atoms with E-state index < -0.39 is 15.1 Å². The van der Waals surface area contributed by atoms with Crippen molar-refractivity contribution in [2.75, 3.05) is 25.0 Å². The van der Waals surface area contributed by atoms with Crippen LogP contribution in [0.5, 0.6) is 0 Å². The standard InChI is InChI=1S/C18H28N2O4S/c1-13(2)25(22,23)12-16-6-5-7-17(8-16)19-9-18(21)20-10-14(3)24-15(4)11-20/h5-8,13-15,19H,9-12H2,1-4H3. The molecule has 7 heteroatoms. The minimum Gasteiger partial charge on any atom is -0.376 e. The Labute approximate surface area is 150 Å². The van der Waals surface area contributed by atoms with E-state index in [1.54, 1.807) is 36.9 Å². The Morgan fingerprint density at radius 1 is 1.28 bits per heavy atom. The van der Waals surface area contributed by atoms with Gasteiger partial charge in [0.1, 0.15) is 0 Å². The monoisotopic (exact) mass is 368 g/mol. The molecule has 25 heavy (non-hydrogen) atoms. The van der Waals surface area contributed by atoms with Crippen LogP contribution in [0.25, 0.3) is 0 Å². The lowest BCUT2D eigenvalue weighted by Crippen LogP contribution is -2.49. The summed E-state index contributed by atoms with van der Waals surface area (Å²) in [6, 6.07) is 7.22. The van der Waals surface area contributed by atoms with E-state index in [1.165, 1.54) is 0 Å². The maximum Gasteiger partial charge on any atom is 0.242 e. The molecule has 0 saturated carbocycles. The fraction of sp³-hybridized carbons (Fsp3) is 0.611. The molecular weight excluding hydrogens is 340 g/mol. The summed E-state index contributed by atoms with van der Waals surface area (Å²) in [6.07, 6.45) is 0.0783. The Bertz CT molecular complexity index is 693. The minimum absolute atomic E-state index is 0.00657. The molecule has 1 saturated heterocycles. The number of hydrogen-bond donors (Lipinski definition) is 1. The van der Waals surface area contributed by atoms with Crippen molar-refractivity contribution in [1.29, 1.82) is 0 Å². The van der Waals surface area contributed by atoms with Gasteiger partial charge >= 0.3 is 0 Å². The van der Waals surface area contributed by atoms with Gasteiger partial charge in [-0.3, -0.25) is 4.79 Å². The molecule has 1 heterocycles. The Kier molecular flexibility index (Phi) is 6.46. The van der Waals surface area contributed by atoms with Crippen LogP contribution in [0, 0.1) is 0 Å². The maximum absolute atomic E-state index is 12.4. The largest absolute Gasteiger partial charge is 0.376 e. The normalized spacial score (nSPS) is 21.4. The van der Waals surface area contributed by atoms with E-state index in [4.69, 9.17) is 4.74 Å². The number of benzene rings is 1. The van der Waals surface area contributed by atoms with E-state index in [0.717, 1.165) is 11.3 Å². The Morgan fingerprint density at radius 2 is 1.92 bits per heavy atom. The number of carbonyl (C=O) groups is 1. The van der Waals surface area contributed by atoms with Crippen LogP contribution >= 0.6 is 0 Å². The quantitative estimate of drug-likeness (QED) is 0.832. The predicted octanol–water partition coefficient (Wildman–Crippen LogP) is 2.06. The van der Waals surface area contributed by atoms with Gasteiger partial charge in [-0.05, 0) is 45.4 Å². The van der Waals surface area contributed by atoms with E-state index in [-0.39, 0.29) is 30.4 Å². The van der Waals surface area contributed by atoms with Crippen molar-refractivity contribution in [2.24, 2.45) is 0 Å². The number of anilines is 1. The van der Waals surface area contributed by atoms with Crippen LogP contribution in [0.3, 0.4) is 0 Å². The maximum atomic E-state index is 12.4. The molecule has 0 bridgehead atoms. The van der Waals surface area contributed by atoms with Crippen LogP contribution in [0.1, 0.15) is 33.3 Å². The summed E-state index contributed by atoms with van der Waals surface area (Å²) in [7, 11) is -3.15. The lowest BCUT2D eigenvalue weighted by molar-refractivity contribution is -0.141. The second kappa shape index (κ2) is 8.19. The molecule has 0 radical (unpaired) electrons. The molecule has 0 spiro atoms. The summed E-state index contributed by atoms with van der Waals surface area (Å²) < 4.78 is 29.7. The van der Waals surface area contributed by atoms with Gasteiger partial charge in [-0.25, -0.2) is 8.42 Å². The second-order valence-electron chi connectivity index (χ2n) is 6.97. The lowest BCUT2D eigenvalue weighted by atomic mass is 10.2. The van der Waals surface area contributed by atoms with Gasteiger partial charge < -0.3 is 15.0 Å². The highest BCUT2D eigenvalue weighted by Crippen LogP contribution is 2.16. The van der Waals surface area contributed by atoms with Crippen LogP contribution in [-0.2, 0) is 25.1 Å². The van der Waals surface area contributed by atoms with Crippen LogP contribution in [0.4, 0.5) is 5.69 Å². The summed E-state index contributed by atoms with van der Waals surface area (Å²) in [6.45, 7) is 8.65. The molecule has 1 fully saturated rings. The van der Waals surface area contributed by atoms with Crippen molar-refractivity contribution in [1.82, 2.24) is 4.90 Å². The van der Waals surface area contributed by atoms with Crippen molar-refractivity contribution in [3.8, 4) is 0 Å². The molecule has 2 unspecified atom stereocenters. The smallest absolute Gasteiger partial charge is 0.242 e. The molecule has 0 aliphatic carbocycles. The number of morpholine rings is 1. The average Bonchev–Trinajstić information content (AvgIpc) is 2.51. The molecular formula is C18H28N2O4S. The molecule has 1 aliphatic rings. The average molecular weight is 368 g/mol. The van der Waals surface area contributed by atoms with Crippen LogP contribution in [-0.4, -0.2) is 56.3 Å². The number of amides is 1. The van der Waals surface area contributed by atoms with Gasteiger partial charge in [-0.15, -0.1) is 0 Å². The van der Waals surface area contributed by atoms with Crippen molar-refractivity contribution < 1.29 is 17.9 Å². The zero-order valence-electron chi connectivity index (χ0n) is 15.4. The van der Waals surface area contributed by atoms with Gasteiger partial charge in [0.2, 0.25) is 5.91 Å². The fourth-order valence-corrected chi connectivity index (χ4v) is 3.82. The second-order valence-corrected chi connectivity index (χ2v) is 9.52. The first-order valence-corrected chi connectivity index (χ1v) is 10.4. The molecule has 1 amide bonds. The van der Waals surface area contributed by atoms with E-state index in [9.17, 15) is 13.2 Å². The Hall–Kier alpha value is -1.60. The molecule has 1 aromatic rings. The number of nitrogens with zero attached hydrogens (tertiary/aromatic N) is 1. The molecule has 6 nitrogen and oxygen atoms in total. The number of sulfone groups is 1. The predicted molar refractivity (Wildman–Crippen MR) is 99.3 cm³/mol. The molecule has 0 aromatic heterocycles. The molecule has 1 aromatic carbocycles. The fourth-order valence-electron chi connectivity index (χ4n) is 2.84. The molecule has 2 atom stereocenters. The van der Waals surface area contributed by atoms with Crippen molar-refractivity contribution in [3.05, 3.63) is 29.8 Å². The van der Waals surface area contributed by atoms with Gasteiger partial charge in [-0.2, -0.15) is 0 Å². The molecule has 1 aliphatic heterocycles. The lowest BCUT2D eigenvalue weighted by Gasteiger charge is -2.35. The first-order chi connectivity index (χ1) is 11.7. The zero-order valence-corrected chi connectivity index (χ0v) is 16.2. The highest BCUT2D eigenvalue weighted by Gasteiger charge is 2.25. The number of ether oxygens (including phenoxy) is 1. The summed E-state index contributed by atoms with van der Waals surface area (Å²) >= 11 is 0. The summed E-state index contributed by atoms with van der Waals surface area (Å²) in [4.78, 5) is 14.2. The van der Waals surface area contributed by atoms with Crippen molar-refractivity contribution in [3.63, 3.8) is 0 Å². The van der Waals surface area contributed by atoms with Crippen LogP contribution < -0.4 is 5.32 Å². The molecule has 2 rings (SSSR count).